The van der Waals surface area contributed by atoms with E-state index in [0.717, 1.165) is 0 Å². The third kappa shape index (κ3) is 6.33. The van der Waals surface area contributed by atoms with Crippen LogP contribution in [0.2, 0.25) is 0 Å². The van der Waals surface area contributed by atoms with Gasteiger partial charge in [-0.25, -0.2) is 9.59 Å². The summed E-state index contributed by atoms with van der Waals surface area (Å²) in [5, 5.41) is 44.8. The fourth-order valence-electron chi connectivity index (χ4n) is 4.70. The number of carboxylic acid groups (broad SMARTS) is 2. The molecule has 43 heavy (non-hydrogen) atoms. The van der Waals surface area contributed by atoms with Crippen LogP contribution in [-0.2, 0) is 5.41 Å². The number of benzene rings is 4. The van der Waals surface area contributed by atoms with E-state index in [1.807, 2.05) is 13.8 Å². The van der Waals surface area contributed by atoms with Crippen molar-refractivity contribution in [1.29, 1.82) is 0 Å². The number of rotatable bonds is 8. The number of carbonyl (C=O) groups excluding carboxylic acids is 2. The van der Waals surface area contributed by atoms with E-state index in [0.29, 0.717) is 22.3 Å². The minimum atomic E-state index is -1.10. The van der Waals surface area contributed by atoms with Gasteiger partial charge in [-0.1, -0.05) is 26.0 Å². The van der Waals surface area contributed by atoms with E-state index in [1.54, 1.807) is 38.1 Å². The van der Waals surface area contributed by atoms with Gasteiger partial charge < -0.3 is 31.1 Å². The average Bonchev–Trinajstić information content (AvgIpc) is 2.94. The summed E-state index contributed by atoms with van der Waals surface area (Å²) in [6, 6.07) is 17.9. The molecule has 0 aromatic heterocycles. The Bertz CT molecular complexity index is 1660. The quantitative estimate of drug-likeness (QED) is 0.138. The molecule has 0 spiro atoms. The molecule has 0 aliphatic heterocycles. The van der Waals surface area contributed by atoms with Gasteiger partial charge >= 0.3 is 11.9 Å². The maximum absolute atomic E-state index is 12.9. The maximum atomic E-state index is 12.9. The highest BCUT2D eigenvalue weighted by Gasteiger charge is 2.26. The van der Waals surface area contributed by atoms with Crippen LogP contribution in [0.3, 0.4) is 0 Å². The number of phenolic OH excluding ortho intramolecular Hbond substituents is 2. The molecule has 0 aliphatic carbocycles. The highest BCUT2D eigenvalue weighted by atomic mass is 16.4. The minimum Gasteiger partial charge on any atom is -0.506 e. The summed E-state index contributed by atoms with van der Waals surface area (Å²) in [4.78, 5) is 48.5. The van der Waals surface area contributed by atoms with Crippen LogP contribution < -0.4 is 10.6 Å². The van der Waals surface area contributed by atoms with Gasteiger partial charge in [-0.15, -0.1) is 0 Å². The Morgan fingerprint density at radius 1 is 0.581 bits per heavy atom. The Morgan fingerprint density at radius 2 is 0.953 bits per heavy atom. The van der Waals surface area contributed by atoms with Gasteiger partial charge in [-0.3, -0.25) is 9.59 Å². The van der Waals surface area contributed by atoms with Crippen LogP contribution in [0.4, 0.5) is 11.4 Å². The molecule has 0 heterocycles. The largest absolute Gasteiger partial charge is 0.506 e. The molecule has 10 nitrogen and oxygen atoms in total. The van der Waals surface area contributed by atoms with Gasteiger partial charge in [0, 0.05) is 16.5 Å². The first kappa shape index (κ1) is 30.3. The van der Waals surface area contributed by atoms with Crippen LogP contribution in [0, 0.1) is 13.8 Å². The highest BCUT2D eigenvalue weighted by molar-refractivity contribution is 6.06. The van der Waals surface area contributed by atoms with E-state index < -0.39 is 29.2 Å². The molecule has 0 aliphatic rings. The van der Waals surface area contributed by atoms with Crippen LogP contribution >= 0.6 is 0 Å². The zero-order chi connectivity index (χ0) is 31.6. The van der Waals surface area contributed by atoms with Gasteiger partial charge in [0.05, 0.1) is 22.5 Å². The lowest BCUT2D eigenvalue weighted by atomic mass is 9.77. The fourth-order valence-corrected chi connectivity index (χ4v) is 4.70. The summed E-state index contributed by atoms with van der Waals surface area (Å²) in [5.41, 5.74) is 2.38. The van der Waals surface area contributed by atoms with Crippen molar-refractivity contribution in [2.24, 2.45) is 0 Å². The summed E-state index contributed by atoms with van der Waals surface area (Å²) in [5.74, 6) is -3.61. The van der Waals surface area contributed by atoms with E-state index in [2.05, 4.69) is 10.6 Å². The lowest BCUT2D eigenvalue weighted by Gasteiger charge is -2.28. The second-order valence-corrected chi connectivity index (χ2v) is 10.7. The number of anilines is 2. The van der Waals surface area contributed by atoms with Crippen molar-refractivity contribution in [3.8, 4) is 11.5 Å². The summed E-state index contributed by atoms with van der Waals surface area (Å²) < 4.78 is 0. The standard InChI is InChI=1S/C33H30N2O8/c1-17-13-19(5-9-23(17)31(40)41)29(38)34-25-15-21(7-11-27(25)36)33(3,4)22-8-12-28(37)26(16-22)35-30(39)20-6-10-24(32(42)43)18(2)14-20/h5-16,36-37H,1-4H3,(H,34,38)(H,35,39)(H,40,41)(H,42,43). The lowest BCUT2D eigenvalue weighted by Crippen LogP contribution is -2.21. The van der Waals surface area contributed by atoms with E-state index >= 15 is 0 Å². The second-order valence-electron chi connectivity index (χ2n) is 10.7. The lowest BCUT2D eigenvalue weighted by molar-refractivity contribution is 0.0685. The maximum Gasteiger partial charge on any atom is 0.335 e. The zero-order valence-electron chi connectivity index (χ0n) is 23.9. The van der Waals surface area contributed by atoms with Gasteiger partial charge in [-0.05, 0) is 96.8 Å². The van der Waals surface area contributed by atoms with E-state index in [4.69, 9.17) is 0 Å². The van der Waals surface area contributed by atoms with Crippen LogP contribution in [0.1, 0.15) is 77.5 Å². The Morgan fingerprint density at radius 3 is 1.28 bits per heavy atom. The number of aromatic hydroxyl groups is 2. The number of nitrogens with one attached hydrogen (secondary N) is 2. The number of phenols is 2. The van der Waals surface area contributed by atoms with Crippen molar-refractivity contribution in [1.82, 2.24) is 0 Å². The summed E-state index contributed by atoms with van der Waals surface area (Å²) >= 11 is 0. The normalized spacial score (nSPS) is 11.1. The molecule has 10 heteroatoms. The Labute approximate surface area is 247 Å². The third-order valence-electron chi connectivity index (χ3n) is 7.37. The first-order valence-corrected chi connectivity index (χ1v) is 13.2. The zero-order valence-corrected chi connectivity index (χ0v) is 23.9. The van der Waals surface area contributed by atoms with Crippen molar-refractivity contribution in [2.45, 2.75) is 33.1 Å². The number of hydrogen-bond acceptors (Lipinski definition) is 6. The molecule has 0 saturated heterocycles. The SMILES string of the molecule is Cc1cc(C(=O)Nc2cc(C(C)(C)c3ccc(O)c(NC(=O)c4ccc(C(=O)O)c(C)c4)c3)ccc2O)ccc1C(=O)O. The number of aryl methyl sites for hydroxylation is 2. The Hall–Kier alpha value is -5.64. The first-order valence-electron chi connectivity index (χ1n) is 13.2. The molecule has 0 bridgehead atoms. The van der Waals surface area contributed by atoms with Crippen LogP contribution in [0.15, 0.2) is 72.8 Å². The molecule has 0 saturated carbocycles. The van der Waals surface area contributed by atoms with Crippen LogP contribution in [0.5, 0.6) is 11.5 Å². The van der Waals surface area contributed by atoms with Gasteiger partial charge in [0.2, 0.25) is 0 Å². The molecule has 6 N–H and O–H groups in total. The smallest absolute Gasteiger partial charge is 0.335 e. The number of carboxylic acids is 2. The van der Waals surface area contributed by atoms with Crippen molar-refractivity contribution in [3.63, 3.8) is 0 Å². The van der Waals surface area contributed by atoms with E-state index in [-0.39, 0.29) is 45.1 Å². The molecule has 4 aromatic rings. The predicted octanol–water partition coefficient (Wildman–Crippen LogP) is 5.94. The van der Waals surface area contributed by atoms with Crippen LogP contribution in [-0.4, -0.2) is 44.2 Å². The molecule has 220 valence electrons. The average molecular weight is 583 g/mol. The topological polar surface area (TPSA) is 173 Å². The summed E-state index contributed by atoms with van der Waals surface area (Å²) in [6.45, 7) is 6.96. The monoisotopic (exact) mass is 582 g/mol. The molecule has 2 amide bonds. The molecule has 0 fully saturated rings. The molecule has 4 aromatic carbocycles. The number of amides is 2. The predicted molar refractivity (Wildman–Crippen MR) is 161 cm³/mol. The van der Waals surface area contributed by atoms with Crippen molar-refractivity contribution >= 4 is 35.1 Å². The molecule has 0 unspecified atom stereocenters. The van der Waals surface area contributed by atoms with Crippen molar-refractivity contribution < 1.29 is 39.6 Å². The fraction of sp³-hybridized carbons (Fsp3) is 0.152. The minimum absolute atomic E-state index is 0.0822. The Balaban J connectivity index is 1.59. The van der Waals surface area contributed by atoms with Gasteiger partial charge in [-0.2, -0.15) is 0 Å². The Kier molecular flexibility index (Phi) is 8.24. The van der Waals surface area contributed by atoms with Crippen LogP contribution in [0.25, 0.3) is 0 Å². The van der Waals surface area contributed by atoms with Gasteiger partial charge in [0.1, 0.15) is 11.5 Å². The van der Waals surface area contributed by atoms with Crippen molar-refractivity contribution in [3.05, 3.63) is 117 Å². The van der Waals surface area contributed by atoms with E-state index in [1.165, 1.54) is 48.5 Å². The van der Waals surface area contributed by atoms with Crippen molar-refractivity contribution in [2.75, 3.05) is 10.6 Å². The molecule has 0 radical (unpaired) electrons. The summed E-state index contributed by atoms with van der Waals surface area (Å²) in [6.07, 6.45) is 0. The van der Waals surface area contributed by atoms with E-state index in [9.17, 15) is 39.6 Å². The van der Waals surface area contributed by atoms with Gasteiger partial charge in [0.15, 0.2) is 0 Å². The number of aromatic carboxylic acids is 2. The molecular formula is C33H30N2O8. The number of carbonyl (C=O) groups is 4. The van der Waals surface area contributed by atoms with Gasteiger partial charge in [0.25, 0.3) is 11.8 Å². The second kappa shape index (κ2) is 11.7. The molecule has 0 atom stereocenters. The number of hydrogen-bond donors (Lipinski definition) is 6. The summed E-state index contributed by atoms with van der Waals surface area (Å²) in [7, 11) is 0. The molecular weight excluding hydrogens is 552 g/mol. The molecule has 4 rings (SSSR count). The highest BCUT2D eigenvalue weighted by Crippen LogP contribution is 2.38. The third-order valence-corrected chi connectivity index (χ3v) is 7.37. The first-order chi connectivity index (χ1) is 20.2.